The van der Waals surface area contributed by atoms with Crippen molar-refractivity contribution < 1.29 is 29.3 Å². The van der Waals surface area contributed by atoms with E-state index in [0.717, 1.165) is 5.56 Å². The number of aromatic hydroxyl groups is 1. The molecule has 194 valence electrons. The molecule has 8 heteroatoms. The minimum atomic E-state index is -0.832. The number of Topliss-reactive ketones (excluding diaryl/α,β-unsaturated/α-hetero) is 1. The molecule has 1 fully saturated rings. The predicted molar refractivity (Wildman–Crippen MR) is 138 cm³/mol. The molecule has 2 aromatic rings. The van der Waals surface area contributed by atoms with Crippen LogP contribution in [0.5, 0.6) is 17.2 Å². The van der Waals surface area contributed by atoms with Crippen LogP contribution >= 0.6 is 0 Å². The minimum absolute atomic E-state index is 0.00198. The Kier molecular flexibility index (Phi) is 8.63. The zero-order chi connectivity index (χ0) is 26.6. The Hall–Kier alpha value is -3.52. The Balaban J connectivity index is 2.12. The van der Waals surface area contributed by atoms with Crippen molar-refractivity contribution in [3.05, 3.63) is 58.7 Å². The van der Waals surface area contributed by atoms with Crippen molar-refractivity contribution in [3.8, 4) is 17.2 Å². The molecule has 0 aromatic heterocycles. The standard InChI is InChI=1S/C28H36N2O6/c1-7-35-23-15-19(8-10-21(23)31)25-24(27(33)28(34)30(25)13-12-29(5)6)26(32)20-9-11-22(18(4)14-20)36-16-17(2)3/h8-11,14-15,17,25,31-32H,7,12-13,16H2,1-6H3/b26-24+/t25-/m1/s1. The fourth-order valence-electron chi connectivity index (χ4n) is 4.11. The van der Waals surface area contributed by atoms with Crippen LogP contribution in [0.25, 0.3) is 5.76 Å². The monoisotopic (exact) mass is 496 g/mol. The summed E-state index contributed by atoms with van der Waals surface area (Å²) in [5, 5.41) is 21.5. The number of carbonyl (C=O) groups is 2. The maximum atomic E-state index is 13.2. The van der Waals surface area contributed by atoms with Gasteiger partial charge in [0.1, 0.15) is 11.5 Å². The molecule has 1 aliphatic rings. The summed E-state index contributed by atoms with van der Waals surface area (Å²) in [5.74, 6) is -0.418. The number of aryl methyl sites for hydroxylation is 1. The van der Waals surface area contributed by atoms with E-state index in [4.69, 9.17) is 9.47 Å². The number of rotatable bonds is 10. The van der Waals surface area contributed by atoms with Crippen molar-refractivity contribution in [2.24, 2.45) is 5.92 Å². The molecule has 1 heterocycles. The second kappa shape index (κ2) is 11.5. The third-order valence-corrected chi connectivity index (χ3v) is 5.95. The zero-order valence-electron chi connectivity index (χ0n) is 21.9. The number of benzene rings is 2. The molecule has 1 atom stereocenters. The van der Waals surface area contributed by atoms with E-state index >= 15 is 0 Å². The van der Waals surface area contributed by atoms with Gasteiger partial charge in [-0.2, -0.15) is 0 Å². The van der Waals surface area contributed by atoms with E-state index in [1.807, 2.05) is 25.9 Å². The van der Waals surface area contributed by atoms with Crippen LogP contribution in [0.3, 0.4) is 0 Å². The number of hydrogen-bond acceptors (Lipinski definition) is 7. The molecular weight excluding hydrogens is 460 g/mol. The van der Waals surface area contributed by atoms with E-state index < -0.39 is 17.7 Å². The lowest BCUT2D eigenvalue weighted by Crippen LogP contribution is -2.35. The summed E-state index contributed by atoms with van der Waals surface area (Å²) in [4.78, 5) is 29.7. The molecule has 8 nitrogen and oxygen atoms in total. The van der Waals surface area contributed by atoms with Crippen LogP contribution in [0.1, 0.15) is 43.5 Å². The van der Waals surface area contributed by atoms with Crippen LogP contribution < -0.4 is 9.47 Å². The summed E-state index contributed by atoms with van der Waals surface area (Å²) in [5.41, 5.74) is 1.79. The van der Waals surface area contributed by atoms with Crippen molar-refractivity contribution in [1.29, 1.82) is 0 Å². The van der Waals surface area contributed by atoms with Crippen LogP contribution in [0.15, 0.2) is 42.0 Å². The number of phenols is 1. The van der Waals surface area contributed by atoms with Gasteiger partial charge in [0.15, 0.2) is 11.5 Å². The topological polar surface area (TPSA) is 99.5 Å². The summed E-state index contributed by atoms with van der Waals surface area (Å²) in [7, 11) is 3.76. The molecule has 1 saturated heterocycles. The zero-order valence-corrected chi connectivity index (χ0v) is 21.9. The van der Waals surface area contributed by atoms with Crippen LogP contribution in [0.4, 0.5) is 0 Å². The molecule has 0 radical (unpaired) electrons. The normalized spacial score (nSPS) is 17.3. The molecule has 0 bridgehead atoms. The summed E-state index contributed by atoms with van der Waals surface area (Å²) >= 11 is 0. The number of likely N-dealkylation sites (tertiary alicyclic amines) is 1. The quantitative estimate of drug-likeness (QED) is 0.290. The fourth-order valence-corrected chi connectivity index (χ4v) is 4.11. The van der Waals surface area contributed by atoms with Gasteiger partial charge >= 0.3 is 0 Å². The number of nitrogens with zero attached hydrogens (tertiary/aromatic N) is 2. The minimum Gasteiger partial charge on any atom is -0.507 e. The van der Waals surface area contributed by atoms with Gasteiger partial charge in [-0.1, -0.05) is 19.9 Å². The Labute approximate surface area is 212 Å². The van der Waals surface area contributed by atoms with Crippen molar-refractivity contribution >= 4 is 17.4 Å². The number of hydrogen-bond donors (Lipinski definition) is 2. The van der Waals surface area contributed by atoms with Gasteiger partial charge < -0.3 is 29.5 Å². The highest BCUT2D eigenvalue weighted by Gasteiger charge is 2.46. The molecule has 36 heavy (non-hydrogen) atoms. The maximum absolute atomic E-state index is 13.2. The van der Waals surface area contributed by atoms with Gasteiger partial charge in [0.25, 0.3) is 11.7 Å². The Morgan fingerprint density at radius 3 is 2.42 bits per heavy atom. The first-order valence-corrected chi connectivity index (χ1v) is 12.2. The van der Waals surface area contributed by atoms with Crippen LogP contribution in [-0.4, -0.2) is 72.1 Å². The molecule has 1 aliphatic heterocycles. The molecule has 2 aromatic carbocycles. The van der Waals surface area contributed by atoms with Gasteiger partial charge in [-0.05, 0) is 75.3 Å². The summed E-state index contributed by atoms with van der Waals surface area (Å²) in [6.45, 7) is 9.50. The lowest BCUT2D eigenvalue weighted by atomic mass is 9.94. The summed E-state index contributed by atoms with van der Waals surface area (Å²) < 4.78 is 11.4. The fraction of sp³-hybridized carbons (Fsp3) is 0.429. The van der Waals surface area contributed by atoms with Crippen LogP contribution in [-0.2, 0) is 9.59 Å². The highest BCUT2D eigenvalue weighted by molar-refractivity contribution is 6.46. The van der Waals surface area contributed by atoms with Gasteiger partial charge in [-0.15, -0.1) is 0 Å². The van der Waals surface area contributed by atoms with Crippen molar-refractivity contribution in [2.75, 3.05) is 40.4 Å². The molecule has 0 spiro atoms. The number of carbonyl (C=O) groups excluding carboxylic acids is 2. The van der Waals surface area contributed by atoms with E-state index in [9.17, 15) is 19.8 Å². The van der Waals surface area contributed by atoms with Crippen molar-refractivity contribution in [3.63, 3.8) is 0 Å². The average molecular weight is 497 g/mol. The van der Waals surface area contributed by atoms with Crippen LogP contribution in [0, 0.1) is 12.8 Å². The van der Waals surface area contributed by atoms with Gasteiger partial charge in [-0.25, -0.2) is 0 Å². The number of aliphatic hydroxyl groups is 1. The van der Waals surface area contributed by atoms with E-state index in [0.29, 0.717) is 42.6 Å². The lowest BCUT2D eigenvalue weighted by Gasteiger charge is -2.27. The van der Waals surface area contributed by atoms with E-state index in [2.05, 4.69) is 13.8 Å². The first kappa shape index (κ1) is 27.1. The molecule has 1 amide bonds. The molecule has 2 N–H and O–H groups in total. The Morgan fingerprint density at radius 2 is 1.81 bits per heavy atom. The Bertz CT molecular complexity index is 1150. The lowest BCUT2D eigenvalue weighted by molar-refractivity contribution is -0.140. The number of likely N-dealkylation sites (N-methyl/N-ethyl adjacent to an activating group) is 1. The number of ether oxygens (including phenoxy) is 2. The maximum Gasteiger partial charge on any atom is 0.295 e. The van der Waals surface area contributed by atoms with Gasteiger partial charge in [0.05, 0.1) is 24.8 Å². The number of phenolic OH excluding ortho intramolecular Hbond substituents is 1. The van der Waals surface area contributed by atoms with E-state index in [1.165, 1.54) is 11.0 Å². The van der Waals surface area contributed by atoms with E-state index in [1.54, 1.807) is 37.3 Å². The summed E-state index contributed by atoms with van der Waals surface area (Å²) in [6, 6.07) is 9.08. The molecular formula is C28H36N2O6. The van der Waals surface area contributed by atoms with Gasteiger partial charge in [0.2, 0.25) is 0 Å². The number of aliphatic hydroxyl groups excluding tert-OH is 1. The van der Waals surface area contributed by atoms with Crippen LogP contribution in [0.2, 0.25) is 0 Å². The average Bonchev–Trinajstić information content (AvgIpc) is 3.07. The number of ketones is 1. The molecule has 3 rings (SSSR count). The first-order chi connectivity index (χ1) is 17.0. The predicted octanol–water partition coefficient (Wildman–Crippen LogP) is 4.12. The highest BCUT2D eigenvalue weighted by Crippen LogP contribution is 2.42. The first-order valence-electron chi connectivity index (χ1n) is 12.2. The SMILES string of the molecule is CCOc1cc([C@@H]2/C(=C(\O)c3ccc(OCC(C)C)c(C)c3)C(=O)C(=O)N2CCN(C)C)ccc1O. The molecule has 0 aliphatic carbocycles. The van der Waals surface area contributed by atoms with E-state index in [-0.39, 0.29) is 29.4 Å². The molecule has 0 saturated carbocycles. The van der Waals surface area contributed by atoms with Gasteiger partial charge in [-0.3, -0.25) is 9.59 Å². The highest BCUT2D eigenvalue weighted by atomic mass is 16.5. The van der Waals surface area contributed by atoms with Crippen molar-refractivity contribution in [2.45, 2.75) is 33.7 Å². The van der Waals surface area contributed by atoms with Crippen molar-refractivity contribution in [1.82, 2.24) is 9.80 Å². The third kappa shape index (κ3) is 5.82. The largest absolute Gasteiger partial charge is 0.507 e. The Morgan fingerprint density at radius 1 is 1.08 bits per heavy atom. The third-order valence-electron chi connectivity index (χ3n) is 5.95. The second-order valence-electron chi connectivity index (χ2n) is 9.64. The number of amides is 1. The molecule has 0 unspecified atom stereocenters. The smallest absolute Gasteiger partial charge is 0.295 e. The second-order valence-corrected chi connectivity index (χ2v) is 9.64. The summed E-state index contributed by atoms with van der Waals surface area (Å²) in [6.07, 6.45) is 0. The van der Waals surface area contributed by atoms with Gasteiger partial charge in [0, 0.05) is 18.7 Å².